The van der Waals surface area contributed by atoms with Gasteiger partial charge in [-0.15, -0.1) is 0 Å². The van der Waals surface area contributed by atoms with Crippen molar-refractivity contribution in [2.24, 2.45) is 0 Å². The second-order valence-corrected chi connectivity index (χ2v) is 10.0. The second-order valence-electron chi connectivity index (χ2n) is 9.63. The number of aryl methyl sites for hydroxylation is 1. The molecule has 186 valence electrons. The lowest BCUT2D eigenvalue weighted by molar-refractivity contribution is -0.172. The van der Waals surface area contributed by atoms with Gasteiger partial charge in [0.05, 0.1) is 29.5 Å². The summed E-state index contributed by atoms with van der Waals surface area (Å²) in [5, 5.41) is 24.3. The number of esters is 1. The summed E-state index contributed by atoms with van der Waals surface area (Å²) in [7, 11) is 0. The Hall–Kier alpha value is -3.21. The maximum atomic E-state index is 14.9. The highest BCUT2D eigenvalue weighted by atomic mass is 32.1. The quantitative estimate of drug-likeness (QED) is 0.287. The van der Waals surface area contributed by atoms with Gasteiger partial charge < -0.3 is 24.8 Å². The molecule has 36 heavy (non-hydrogen) atoms. The minimum atomic E-state index is -1.82. The van der Waals surface area contributed by atoms with Crippen LogP contribution in [0.5, 0.6) is 0 Å². The van der Waals surface area contributed by atoms with Gasteiger partial charge in [0.25, 0.3) is 0 Å². The summed E-state index contributed by atoms with van der Waals surface area (Å²) in [6, 6.07) is 2.75. The van der Waals surface area contributed by atoms with E-state index in [1.807, 2.05) is 4.57 Å². The van der Waals surface area contributed by atoms with Crippen LogP contribution in [-0.4, -0.2) is 38.2 Å². The van der Waals surface area contributed by atoms with Crippen LogP contribution in [-0.2, 0) is 39.5 Å². The molecule has 2 aliphatic heterocycles. The van der Waals surface area contributed by atoms with Crippen LogP contribution < -0.4 is 5.32 Å². The van der Waals surface area contributed by atoms with E-state index in [4.69, 9.17) is 21.9 Å². The number of aliphatic hydroxyl groups is 2. The summed E-state index contributed by atoms with van der Waals surface area (Å²) < 4.78 is 22.5. The first-order valence-electron chi connectivity index (χ1n) is 11.9. The van der Waals surface area contributed by atoms with Crippen molar-refractivity contribution >= 4 is 35.0 Å². The van der Waals surface area contributed by atoms with E-state index in [-0.39, 0.29) is 18.8 Å². The number of halogens is 1. The summed E-state index contributed by atoms with van der Waals surface area (Å²) >= 11 is 5.80. The van der Waals surface area contributed by atoms with Gasteiger partial charge in [0.1, 0.15) is 23.7 Å². The minimum absolute atomic E-state index is 0.0298. The normalized spacial score (nSPS) is 21.6. The van der Waals surface area contributed by atoms with Crippen molar-refractivity contribution in [3.63, 3.8) is 0 Å². The number of fused-ring (bicyclic) bond motifs is 5. The van der Waals surface area contributed by atoms with Gasteiger partial charge in [-0.2, -0.15) is 0 Å². The smallest absolute Gasteiger partial charge is 0.343 e. The number of ether oxygens (including phenoxy) is 1. The molecule has 0 fully saturated rings. The Morgan fingerprint density at radius 1 is 1.36 bits per heavy atom. The van der Waals surface area contributed by atoms with Crippen LogP contribution in [0.2, 0.25) is 0 Å². The molecule has 8 nitrogen and oxygen atoms in total. The number of cyclic esters (lactones) is 1. The van der Waals surface area contributed by atoms with Crippen LogP contribution in [0.3, 0.4) is 0 Å². The molecular formula is C26H24FN3O5S. The first-order valence-corrected chi connectivity index (χ1v) is 12.3. The lowest BCUT2D eigenvalue weighted by atomic mass is 9.81. The highest BCUT2D eigenvalue weighted by molar-refractivity contribution is 7.71. The van der Waals surface area contributed by atoms with Gasteiger partial charge in [-0.25, -0.2) is 14.2 Å². The number of carbonyl (C=O) groups excluding carboxylic acids is 2. The molecule has 2 atom stereocenters. The van der Waals surface area contributed by atoms with E-state index in [2.05, 4.69) is 5.32 Å². The Balaban J connectivity index is 1.66. The number of nitrogens with one attached hydrogen (secondary N) is 1. The zero-order chi connectivity index (χ0) is 25.5. The van der Waals surface area contributed by atoms with E-state index in [0.717, 1.165) is 22.1 Å². The first kappa shape index (κ1) is 23.2. The SMILES string of the molecule is CC[C@@]1(O)C(=O)OCc2c1cc1n(c2=S)Cc2c-1nc1cc(F)c(C)c3c1c2C(NC(=O)CO)CC3. The number of hydrogen-bond donors (Lipinski definition) is 3. The first-order chi connectivity index (χ1) is 17.2. The fraction of sp³-hybridized carbons (Fsp3) is 0.385. The number of benzene rings is 1. The molecule has 1 aliphatic carbocycles. The number of aliphatic hydroxyl groups excluding tert-OH is 1. The number of nitrogens with zero attached hydrogens (tertiary/aromatic N) is 2. The van der Waals surface area contributed by atoms with Gasteiger partial charge >= 0.3 is 5.97 Å². The van der Waals surface area contributed by atoms with E-state index < -0.39 is 30.1 Å². The fourth-order valence-corrected chi connectivity index (χ4v) is 6.27. The Labute approximate surface area is 210 Å². The highest BCUT2D eigenvalue weighted by Gasteiger charge is 2.45. The van der Waals surface area contributed by atoms with E-state index in [0.29, 0.717) is 57.6 Å². The lowest BCUT2D eigenvalue weighted by Crippen LogP contribution is -2.41. The third-order valence-electron chi connectivity index (χ3n) is 7.86. The largest absolute Gasteiger partial charge is 0.458 e. The Morgan fingerprint density at radius 2 is 2.14 bits per heavy atom. The van der Waals surface area contributed by atoms with Gasteiger partial charge in [-0.05, 0) is 48.9 Å². The molecule has 0 radical (unpaired) electrons. The minimum Gasteiger partial charge on any atom is -0.458 e. The average molecular weight is 510 g/mol. The van der Waals surface area contributed by atoms with Gasteiger partial charge in [0.15, 0.2) is 5.60 Å². The molecule has 4 heterocycles. The second kappa shape index (κ2) is 7.89. The van der Waals surface area contributed by atoms with Gasteiger partial charge in [0.2, 0.25) is 5.91 Å². The molecule has 0 bridgehead atoms. The number of hydrogen-bond acceptors (Lipinski definition) is 7. The molecule has 1 unspecified atom stereocenters. The third kappa shape index (κ3) is 2.98. The molecule has 0 spiro atoms. The number of amides is 1. The summed E-state index contributed by atoms with van der Waals surface area (Å²) in [6.45, 7) is 3.15. The summed E-state index contributed by atoms with van der Waals surface area (Å²) in [6.07, 6.45) is 1.22. The number of carbonyl (C=O) groups is 2. The van der Waals surface area contributed by atoms with Gasteiger partial charge in [-0.3, -0.25) is 4.79 Å². The molecule has 1 amide bonds. The molecule has 0 saturated heterocycles. The van der Waals surface area contributed by atoms with Gasteiger partial charge in [0, 0.05) is 28.1 Å². The van der Waals surface area contributed by atoms with Crippen LogP contribution in [0, 0.1) is 17.4 Å². The van der Waals surface area contributed by atoms with E-state index in [1.165, 1.54) is 6.07 Å². The monoisotopic (exact) mass is 509 g/mol. The van der Waals surface area contributed by atoms with Crippen molar-refractivity contribution in [2.75, 3.05) is 6.61 Å². The maximum absolute atomic E-state index is 14.9. The molecular weight excluding hydrogens is 485 g/mol. The standard InChI is InChI=1S/C26H24FN3O5S/c1-3-26(34)15-6-19-23-13(8-30(19)24(36)14(15)10-35-25(26)33)22-17(28-20(32)9-31)5-4-12-11(2)16(27)7-18(29-23)21(12)22/h6-7,17,31,34H,3-5,8-10H2,1-2H3,(H,28,32)/t17?,26-/m0/s1. The van der Waals surface area contributed by atoms with Crippen molar-refractivity contribution in [3.05, 3.63) is 56.0 Å². The summed E-state index contributed by atoms with van der Waals surface area (Å²) in [4.78, 5) is 29.5. The Bertz CT molecular complexity index is 1580. The molecule has 3 aliphatic rings. The molecule has 1 aromatic carbocycles. The topological polar surface area (TPSA) is 114 Å². The summed E-state index contributed by atoms with van der Waals surface area (Å²) in [5.74, 6) is -1.56. The highest BCUT2D eigenvalue weighted by Crippen LogP contribution is 2.47. The third-order valence-corrected chi connectivity index (χ3v) is 8.32. The van der Waals surface area contributed by atoms with Crippen LogP contribution in [0.15, 0.2) is 12.1 Å². The maximum Gasteiger partial charge on any atom is 0.343 e. The predicted octanol–water partition coefficient (Wildman–Crippen LogP) is 2.99. The van der Waals surface area contributed by atoms with Crippen LogP contribution in [0.1, 0.15) is 59.2 Å². The lowest BCUT2D eigenvalue weighted by Gasteiger charge is -2.32. The molecule has 2 aromatic heterocycles. The van der Waals surface area contributed by atoms with Crippen molar-refractivity contribution < 1.29 is 28.9 Å². The average Bonchev–Trinajstić information content (AvgIpc) is 3.24. The Morgan fingerprint density at radius 3 is 2.86 bits per heavy atom. The predicted molar refractivity (Wildman–Crippen MR) is 130 cm³/mol. The molecule has 6 rings (SSSR count). The zero-order valence-electron chi connectivity index (χ0n) is 19.8. The zero-order valence-corrected chi connectivity index (χ0v) is 20.6. The van der Waals surface area contributed by atoms with E-state index in [9.17, 15) is 24.2 Å². The van der Waals surface area contributed by atoms with Gasteiger partial charge in [-0.1, -0.05) is 19.1 Å². The summed E-state index contributed by atoms with van der Waals surface area (Å²) in [5.41, 5.74) is 3.93. The molecule has 3 N–H and O–H groups in total. The van der Waals surface area contributed by atoms with Crippen molar-refractivity contribution in [1.82, 2.24) is 14.9 Å². The molecule has 10 heteroatoms. The Kier molecular flexibility index (Phi) is 5.09. The number of aromatic nitrogens is 2. The van der Waals surface area contributed by atoms with E-state index >= 15 is 0 Å². The number of pyridine rings is 2. The molecule has 0 saturated carbocycles. The van der Waals surface area contributed by atoms with Crippen molar-refractivity contribution in [3.8, 4) is 11.4 Å². The van der Waals surface area contributed by atoms with Crippen molar-refractivity contribution in [2.45, 2.75) is 57.9 Å². The van der Waals surface area contributed by atoms with E-state index in [1.54, 1.807) is 19.9 Å². The molecule has 3 aromatic rings. The number of rotatable bonds is 3. The van der Waals surface area contributed by atoms with Crippen LogP contribution in [0.25, 0.3) is 22.3 Å². The van der Waals surface area contributed by atoms with Crippen molar-refractivity contribution in [1.29, 1.82) is 0 Å². The van der Waals surface area contributed by atoms with Crippen LogP contribution >= 0.6 is 12.2 Å². The van der Waals surface area contributed by atoms with Crippen LogP contribution in [0.4, 0.5) is 4.39 Å². The fourth-order valence-electron chi connectivity index (χ4n) is 5.94.